The maximum Gasteiger partial charge on any atom is 0.221 e. The summed E-state index contributed by atoms with van der Waals surface area (Å²) in [7, 11) is 0. The number of carbonyl (C=O) groups excluding carboxylic acids is 1. The van der Waals surface area contributed by atoms with Crippen LogP contribution in [0.15, 0.2) is 18.2 Å². The molecule has 0 unspecified atom stereocenters. The molecular weight excluding hydrogens is 268 g/mol. The summed E-state index contributed by atoms with van der Waals surface area (Å²) in [6.45, 7) is 8.59. The first kappa shape index (κ1) is 15.6. The van der Waals surface area contributed by atoms with E-state index >= 15 is 0 Å². The SMILES string of the molecule is CC(C)(C)NCCC(=O)NCc1ccc2c(c1)OCCO2. The fraction of sp³-hybridized carbons (Fsp3) is 0.562. The molecule has 0 spiro atoms. The highest BCUT2D eigenvalue weighted by molar-refractivity contribution is 5.76. The summed E-state index contributed by atoms with van der Waals surface area (Å²) in [5.41, 5.74) is 1.05. The molecule has 5 heteroatoms. The van der Waals surface area contributed by atoms with Gasteiger partial charge in [-0.2, -0.15) is 0 Å². The fourth-order valence-corrected chi connectivity index (χ4v) is 2.04. The Morgan fingerprint density at radius 1 is 1.19 bits per heavy atom. The van der Waals surface area contributed by atoms with Crippen LogP contribution in [0.2, 0.25) is 0 Å². The van der Waals surface area contributed by atoms with Crippen LogP contribution in [0, 0.1) is 0 Å². The van der Waals surface area contributed by atoms with Crippen molar-refractivity contribution in [1.82, 2.24) is 10.6 Å². The minimum Gasteiger partial charge on any atom is -0.486 e. The molecule has 2 N–H and O–H groups in total. The lowest BCUT2D eigenvalue weighted by Crippen LogP contribution is -2.38. The van der Waals surface area contributed by atoms with Gasteiger partial charge in [0.05, 0.1) is 0 Å². The van der Waals surface area contributed by atoms with Crippen molar-refractivity contribution in [3.05, 3.63) is 23.8 Å². The topological polar surface area (TPSA) is 59.6 Å². The number of hydrogen-bond acceptors (Lipinski definition) is 4. The average Bonchev–Trinajstić information content (AvgIpc) is 2.43. The highest BCUT2D eigenvalue weighted by atomic mass is 16.6. The third kappa shape index (κ3) is 5.27. The molecule has 0 saturated carbocycles. The van der Waals surface area contributed by atoms with E-state index in [0.29, 0.717) is 32.7 Å². The second kappa shape index (κ2) is 6.80. The molecule has 0 bridgehead atoms. The normalized spacial score (nSPS) is 13.9. The molecule has 1 aliphatic heterocycles. The lowest BCUT2D eigenvalue weighted by Gasteiger charge is -2.20. The molecule has 0 fully saturated rings. The van der Waals surface area contributed by atoms with E-state index in [9.17, 15) is 4.79 Å². The summed E-state index contributed by atoms with van der Waals surface area (Å²) < 4.78 is 11.0. The van der Waals surface area contributed by atoms with Gasteiger partial charge in [-0.25, -0.2) is 0 Å². The molecule has 0 atom stereocenters. The molecule has 21 heavy (non-hydrogen) atoms. The van der Waals surface area contributed by atoms with Gasteiger partial charge in [-0.3, -0.25) is 4.79 Å². The number of fused-ring (bicyclic) bond motifs is 1. The molecule has 1 amide bonds. The molecule has 116 valence electrons. The summed E-state index contributed by atoms with van der Waals surface area (Å²) in [6.07, 6.45) is 0.474. The van der Waals surface area contributed by atoms with Crippen molar-refractivity contribution in [2.75, 3.05) is 19.8 Å². The predicted octanol–water partition coefficient (Wildman–Crippen LogP) is 1.85. The zero-order chi connectivity index (χ0) is 15.3. The standard InChI is InChI=1S/C16H24N2O3/c1-16(2,3)18-7-6-15(19)17-11-12-4-5-13-14(10-12)21-9-8-20-13/h4-5,10,18H,6-9,11H2,1-3H3,(H,17,19). The third-order valence-electron chi connectivity index (χ3n) is 3.10. The van der Waals surface area contributed by atoms with Crippen LogP contribution in [0.1, 0.15) is 32.8 Å². The highest BCUT2D eigenvalue weighted by Gasteiger charge is 2.12. The Morgan fingerprint density at radius 2 is 1.90 bits per heavy atom. The number of carbonyl (C=O) groups is 1. The molecule has 1 aromatic carbocycles. The van der Waals surface area contributed by atoms with Crippen LogP contribution < -0.4 is 20.1 Å². The second-order valence-electron chi connectivity index (χ2n) is 6.18. The first-order valence-electron chi connectivity index (χ1n) is 7.34. The van der Waals surface area contributed by atoms with Gasteiger partial charge in [0.1, 0.15) is 13.2 Å². The van der Waals surface area contributed by atoms with E-state index in [2.05, 4.69) is 31.4 Å². The molecule has 0 saturated heterocycles. The van der Waals surface area contributed by atoms with Gasteiger partial charge >= 0.3 is 0 Å². The van der Waals surface area contributed by atoms with Crippen molar-refractivity contribution in [3.8, 4) is 11.5 Å². The van der Waals surface area contributed by atoms with Gasteiger partial charge in [-0.15, -0.1) is 0 Å². The Morgan fingerprint density at radius 3 is 2.62 bits per heavy atom. The van der Waals surface area contributed by atoms with E-state index in [4.69, 9.17) is 9.47 Å². The number of amides is 1. The monoisotopic (exact) mass is 292 g/mol. The summed E-state index contributed by atoms with van der Waals surface area (Å²) in [5, 5.41) is 6.21. The van der Waals surface area contributed by atoms with Crippen molar-refractivity contribution < 1.29 is 14.3 Å². The smallest absolute Gasteiger partial charge is 0.221 e. The van der Waals surface area contributed by atoms with Crippen LogP contribution in [-0.2, 0) is 11.3 Å². The zero-order valence-electron chi connectivity index (χ0n) is 13.0. The Hall–Kier alpha value is -1.75. The van der Waals surface area contributed by atoms with E-state index in [1.807, 2.05) is 18.2 Å². The van der Waals surface area contributed by atoms with Crippen molar-refractivity contribution in [2.24, 2.45) is 0 Å². The van der Waals surface area contributed by atoms with Crippen molar-refractivity contribution >= 4 is 5.91 Å². The second-order valence-corrected chi connectivity index (χ2v) is 6.18. The molecule has 5 nitrogen and oxygen atoms in total. The zero-order valence-corrected chi connectivity index (χ0v) is 13.0. The van der Waals surface area contributed by atoms with E-state index in [1.54, 1.807) is 0 Å². The fourth-order valence-electron chi connectivity index (χ4n) is 2.04. The average molecular weight is 292 g/mol. The maximum absolute atomic E-state index is 11.8. The Balaban J connectivity index is 1.76. The van der Waals surface area contributed by atoms with Gasteiger partial charge in [-0.1, -0.05) is 6.07 Å². The van der Waals surface area contributed by atoms with Crippen LogP contribution in [0.3, 0.4) is 0 Å². The first-order valence-corrected chi connectivity index (χ1v) is 7.34. The minimum atomic E-state index is 0.0378. The largest absolute Gasteiger partial charge is 0.486 e. The van der Waals surface area contributed by atoms with Gasteiger partial charge in [0.15, 0.2) is 11.5 Å². The van der Waals surface area contributed by atoms with E-state index < -0.39 is 0 Å². The molecule has 0 radical (unpaired) electrons. The van der Waals surface area contributed by atoms with E-state index in [-0.39, 0.29) is 11.4 Å². The van der Waals surface area contributed by atoms with Crippen LogP contribution in [0.25, 0.3) is 0 Å². The van der Waals surface area contributed by atoms with Crippen molar-refractivity contribution in [2.45, 2.75) is 39.3 Å². The third-order valence-corrected chi connectivity index (χ3v) is 3.10. The number of benzene rings is 1. The lowest BCUT2D eigenvalue weighted by molar-refractivity contribution is -0.121. The van der Waals surface area contributed by atoms with Gasteiger partial charge in [0, 0.05) is 25.0 Å². The summed E-state index contributed by atoms with van der Waals surface area (Å²) in [4.78, 5) is 11.8. The Kier molecular flexibility index (Phi) is 5.07. The molecular formula is C16H24N2O3. The molecule has 1 aromatic rings. The quantitative estimate of drug-likeness (QED) is 0.869. The molecule has 2 rings (SSSR count). The molecule has 0 aliphatic carbocycles. The Bertz CT molecular complexity index is 495. The van der Waals surface area contributed by atoms with Crippen molar-refractivity contribution in [1.29, 1.82) is 0 Å². The first-order chi connectivity index (χ1) is 9.94. The maximum atomic E-state index is 11.8. The number of nitrogens with one attached hydrogen (secondary N) is 2. The number of hydrogen-bond donors (Lipinski definition) is 2. The van der Waals surface area contributed by atoms with Crippen LogP contribution in [0.4, 0.5) is 0 Å². The predicted molar refractivity (Wildman–Crippen MR) is 81.7 cm³/mol. The van der Waals surface area contributed by atoms with Crippen LogP contribution >= 0.6 is 0 Å². The van der Waals surface area contributed by atoms with Gasteiger partial charge < -0.3 is 20.1 Å². The van der Waals surface area contributed by atoms with E-state index in [1.165, 1.54) is 0 Å². The van der Waals surface area contributed by atoms with E-state index in [0.717, 1.165) is 17.1 Å². The highest BCUT2D eigenvalue weighted by Crippen LogP contribution is 2.30. The number of rotatable bonds is 5. The molecule has 1 aliphatic rings. The van der Waals surface area contributed by atoms with Gasteiger partial charge in [-0.05, 0) is 38.5 Å². The summed E-state index contributed by atoms with van der Waals surface area (Å²) in [6, 6.07) is 5.75. The Labute approximate surface area is 126 Å². The van der Waals surface area contributed by atoms with Crippen LogP contribution in [0.5, 0.6) is 11.5 Å². The van der Waals surface area contributed by atoms with Gasteiger partial charge in [0.2, 0.25) is 5.91 Å². The van der Waals surface area contributed by atoms with Gasteiger partial charge in [0.25, 0.3) is 0 Å². The molecule has 1 heterocycles. The summed E-state index contributed by atoms with van der Waals surface area (Å²) >= 11 is 0. The lowest BCUT2D eigenvalue weighted by atomic mass is 10.1. The van der Waals surface area contributed by atoms with Crippen molar-refractivity contribution in [3.63, 3.8) is 0 Å². The van der Waals surface area contributed by atoms with Crippen LogP contribution in [-0.4, -0.2) is 31.2 Å². The molecule has 0 aromatic heterocycles. The summed E-state index contributed by atoms with van der Waals surface area (Å²) in [5.74, 6) is 1.56. The number of ether oxygens (including phenoxy) is 2. The minimum absolute atomic E-state index is 0.0378.